The minimum Gasteiger partial charge on any atom is -0.310 e. The third-order valence-corrected chi connectivity index (χ3v) is 9.14. The van der Waals surface area contributed by atoms with Crippen molar-refractivity contribution in [3.05, 3.63) is 182 Å². The molecule has 0 bridgehead atoms. The summed E-state index contributed by atoms with van der Waals surface area (Å²) in [6, 6.07) is 65.7. The summed E-state index contributed by atoms with van der Waals surface area (Å²) < 4.78 is 2.38. The van der Waals surface area contributed by atoms with Crippen molar-refractivity contribution < 1.29 is 0 Å². The number of rotatable bonds is 5. The number of hydrogen-bond acceptors (Lipinski definition) is 1. The molecule has 0 aliphatic rings. The Labute approximate surface area is 268 Å². The Morgan fingerprint density at radius 3 is 1.63 bits per heavy atom. The van der Waals surface area contributed by atoms with Gasteiger partial charge in [0.1, 0.15) is 0 Å². The Morgan fingerprint density at radius 1 is 0.348 bits per heavy atom. The highest BCUT2D eigenvalue weighted by Gasteiger charge is 2.19. The molecule has 0 saturated carbocycles. The minimum absolute atomic E-state index is 1.11. The Hall–Kier alpha value is -6.12. The van der Waals surface area contributed by atoms with Crippen LogP contribution in [0.1, 0.15) is 0 Å². The molecule has 46 heavy (non-hydrogen) atoms. The van der Waals surface area contributed by atoms with Gasteiger partial charge in [0.2, 0.25) is 0 Å². The minimum atomic E-state index is 1.11. The van der Waals surface area contributed by atoms with Crippen LogP contribution in [0.3, 0.4) is 0 Å². The van der Waals surface area contributed by atoms with E-state index in [0.29, 0.717) is 0 Å². The third kappa shape index (κ3) is 4.27. The predicted molar refractivity (Wildman–Crippen MR) is 196 cm³/mol. The first kappa shape index (κ1) is 26.3. The van der Waals surface area contributed by atoms with Crippen molar-refractivity contribution in [1.29, 1.82) is 0 Å². The van der Waals surface area contributed by atoms with E-state index in [-0.39, 0.29) is 0 Å². The van der Waals surface area contributed by atoms with Crippen LogP contribution < -0.4 is 4.90 Å². The molecule has 0 fully saturated rings. The fraction of sp³-hybridized carbons (Fsp3) is 0. The van der Waals surface area contributed by atoms with E-state index < -0.39 is 0 Å². The fourth-order valence-electron chi connectivity index (χ4n) is 7.05. The first-order chi connectivity index (χ1) is 22.8. The SMILES string of the molecule is c1ccc(-c2cccc(N(c3ccc(-n4c5ccccc5c5ccccc54)cc3)c3cc4ccccc4c4ccccc34)c2)cc1. The molecule has 0 unspecified atom stereocenters. The van der Waals surface area contributed by atoms with E-state index in [1.165, 1.54) is 54.5 Å². The van der Waals surface area contributed by atoms with Gasteiger partial charge >= 0.3 is 0 Å². The second kappa shape index (κ2) is 10.8. The molecule has 0 aliphatic carbocycles. The van der Waals surface area contributed by atoms with E-state index in [9.17, 15) is 0 Å². The number of hydrogen-bond donors (Lipinski definition) is 0. The average molecular weight is 587 g/mol. The second-order valence-electron chi connectivity index (χ2n) is 11.8. The van der Waals surface area contributed by atoms with Crippen LogP contribution >= 0.6 is 0 Å². The summed E-state index contributed by atoms with van der Waals surface area (Å²) in [4.78, 5) is 2.41. The molecule has 2 nitrogen and oxygen atoms in total. The van der Waals surface area contributed by atoms with Crippen LogP contribution in [-0.2, 0) is 0 Å². The van der Waals surface area contributed by atoms with Gasteiger partial charge in [-0.2, -0.15) is 0 Å². The molecule has 0 radical (unpaired) electrons. The molecule has 8 aromatic carbocycles. The van der Waals surface area contributed by atoms with Gasteiger partial charge in [-0.1, -0.05) is 127 Å². The van der Waals surface area contributed by atoms with Crippen LogP contribution in [0.25, 0.3) is 60.2 Å². The lowest BCUT2D eigenvalue weighted by molar-refractivity contribution is 1.17. The Morgan fingerprint density at radius 2 is 0.913 bits per heavy atom. The zero-order chi connectivity index (χ0) is 30.5. The molecule has 0 aliphatic heterocycles. The number of nitrogens with zero attached hydrogens (tertiary/aromatic N) is 2. The van der Waals surface area contributed by atoms with Crippen molar-refractivity contribution in [2.24, 2.45) is 0 Å². The quantitative estimate of drug-likeness (QED) is 0.182. The lowest BCUT2D eigenvalue weighted by Gasteiger charge is -2.28. The van der Waals surface area contributed by atoms with Gasteiger partial charge in [0.15, 0.2) is 0 Å². The first-order valence-electron chi connectivity index (χ1n) is 15.8. The standard InChI is InChI=1S/C44H30N2/c1-2-13-31(14-3-1)32-16-12-17-36(29-32)45(44-30-33-15-4-5-18-37(33)38-19-6-7-20-39(38)44)34-25-27-35(28-26-34)46-42-23-10-8-21-40(42)41-22-9-11-24-43(41)46/h1-30H. The summed E-state index contributed by atoms with van der Waals surface area (Å²) in [7, 11) is 0. The highest BCUT2D eigenvalue weighted by molar-refractivity contribution is 6.14. The zero-order valence-corrected chi connectivity index (χ0v) is 25.2. The van der Waals surface area contributed by atoms with Crippen molar-refractivity contribution in [2.45, 2.75) is 0 Å². The van der Waals surface area contributed by atoms with E-state index in [4.69, 9.17) is 0 Å². The van der Waals surface area contributed by atoms with Gasteiger partial charge in [0, 0.05) is 33.2 Å². The van der Waals surface area contributed by atoms with Crippen LogP contribution in [-0.4, -0.2) is 4.57 Å². The maximum Gasteiger partial charge on any atom is 0.0546 e. The number of anilines is 3. The summed E-state index contributed by atoms with van der Waals surface area (Å²) in [5.74, 6) is 0. The molecule has 0 saturated heterocycles. The molecule has 9 aromatic rings. The summed E-state index contributed by atoms with van der Waals surface area (Å²) in [6.07, 6.45) is 0. The molecule has 2 heteroatoms. The van der Waals surface area contributed by atoms with Crippen LogP contribution in [0.2, 0.25) is 0 Å². The number of para-hydroxylation sites is 2. The lowest BCUT2D eigenvalue weighted by Crippen LogP contribution is -2.11. The third-order valence-electron chi connectivity index (χ3n) is 9.14. The Bertz CT molecular complexity index is 2470. The topological polar surface area (TPSA) is 8.17 Å². The van der Waals surface area contributed by atoms with Crippen LogP contribution in [0.15, 0.2) is 182 Å². The monoisotopic (exact) mass is 586 g/mol. The second-order valence-corrected chi connectivity index (χ2v) is 11.8. The number of benzene rings is 8. The first-order valence-corrected chi connectivity index (χ1v) is 15.8. The highest BCUT2D eigenvalue weighted by atomic mass is 15.1. The van der Waals surface area contributed by atoms with E-state index in [0.717, 1.165) is 22.7 Å². The van der Waals surface area contributed by atoms with E-state index in [1.807, 2.05) is 0 Å². The maximum absolute atomic E-state index is 2.41. The molecule has 1 heterocycles. The Balaban J connectivity index is 1.27. The maximum atomic E-state index is 2.41. The van der Waals surface area contributed by atoms with Crippen molar-refractivity contribution in [3.63, 3.8) is 0 Å². The van der Waals surface area contributed by atoms with Gasteiger partial charge in [-0.25, -0.2) is 0 Å². The highest BCUT2D eigenvalue weighted by Crippen LogP contribution is 2.43. The summed E-state index contributed by atoms with van der Waals surface area (Å²) in [5, 5.41) is 7.50. The van der Waals surface area contributed by atoms with E-state index in [1.54, 1.807) is 0 Å². The van der Waals surface area contributed by atoms with Gasteiger partial charge in [0.05, 0.1) is 16.7 Å². The molecular weight excluding hydrogens is 556 g/mol. The predicted octanol–water partition coefficient (Wildman–Crippen LogP) is 12.2. The normalized spacial score (nSPS) is 11.5. The smallest absolute Gasteiger partial charge is 0.0546 e. The van der Waals surface area contributed by atoms with Gasteiger partial charge in [0.25, 0.3) is 0 Å². The molecule has 1 aromatic heterocycles. The van der Waals surface area contributed by atoms with Crippen LogP contribution in [0.5, 0.6) is 0 Å². The molecule has 0 amide bonds. The summed E-state index contributed by atoms with van der Waals surface area (Å²) >= 11 is 0. The fourth-order valence-corrected chi connectivity index (χ4v) is 7.05. The van der Waals surface area contributed by atoms with Crippen molar-refractivity contribution in [3.8, 4) is 16.8 Å². The van der Waals surface area contributed by atoms with E-state index >= 15 is 0 Å². The van der Waals surface area contributed by atoms with Crippen LogP contribution in [0, 0.1) is 0 Å². The summed E-state index contributed by atoms with van der Waals surface area (Å²) in [5.41, 5.74) is 9.34. The lowest BCUT2D eigenvalue weighted by atomic mass is 9.98. The molecule has 0 atom stereocenters. The zero-order valence-electron chi connectivity index (χ0n) is 25.2. The average Bonchev–Trinajstić information content (AvgIpc) is 3.47. The van der Waals surface area contributed by atoms with Gasteiger partial charge in [-0.15, -0.1) is 0 Å². The molecular formula is C44H30N2. The molecule has 216 valence electrons. The van der Waals surface area contributed by atoms with Gasteiger partial charge in [-0.05, 0) is 81.9 Å². The molecule has 9 rings (SSSR count). The van der Waals surface area contributed by atoms with E-state index in [2.05, 4.69) is 191 Å². The van der Waals surface area contributed by atoms with Gasteiger partial charge < -0.3 is 9.47 Å². The van der Waals surface area contributed by atoms with Crippen molar-refractivity contribution in [2.75, 3.05) is 4.90 Å². The molecule has 0 spiro atoms. The molecule has 0 N–H and O–H groups in total. The largest absolute Gasteiger partial charge is 0.310 e. The van der Waals surface area contributed by atoms with Crippen LogP contribution in [0.4, 0.5) is 17.1 Å². The number of aromatic nitrogens is 1. The van der Waals surface area contributed by atoms with Crippen molar-refractivity contribution in [1.82, 2.24) is 4.57 Å². The van der Waals surface area contributed by atoms with Crippen molar-refractivity contribution >= 4 is 60.4 Å². The number of fused-ring (bicyclic) bond motifs is 6. The van der Waals surface area contributed by atoms with Gasteiger partial charge in [-0.3, -0.25) is 0 Å². The summed E-state index contributed by atoms with van der Waals surface area (Å²) in [6.45, 7) is 0. The Kier molecular flexibility index (Phi) is 6.17.